The molecule has 0 radical (unpaired) electrons. The van der Waals surface area contributed by atoms with Crippen LogP contribution in [-0.4, -0.2) is 23.7 Å². The number of hydrogen-bond donors (Lipinski definition) is 1. The molecule has 0 spiro atoms. The fraction of sp³-hybridized carbons (Fsp3) is 0.833. The molecule has 2 heterocycles. The number of urea groups is 1. The minimum absolute atomic E-state index is 0.270. The van der Waals surface area contributed by atoms with Crippen LogP contribution < -0.4 is 5.73 Å². The highest BCUT2D eigenvalue weighted by molar-refractivity contribution is 5.70. The second kappa shape index (κ2) is 1.85. The lowest BCUT2D eigenvalue weighted by atomic mass is 9.81. The van der Waals surface area contributed by atoms with Gasteiger partial charge in [-0.05, 0) is 18.8 Å². The van der Waals surface area contributed by atoms with E-state index in [1.54, 1.807) is 0 Å². The molecule has 3 rings (SSSR count). The van der Waals surface area contributed by atoms with E-state index in [0.717, 1.165) is 12.8 Å². The number of rotatable bonds is 0. The van der Waals surface area contributed by atoms with Crippen molar-refractivity contribution >= 4 is 6.03 Å². The van der Waals surface area contributed by atoms with Crippen LogP contribution in [0.15, 0.2) is 0 Å². The number of primary amides is 1. The molecule has 4 heteroatoms. The van der Waals surface area contributed by atoms with Crippen LogP contribution in [0.25, 0.3) is 0 Å². The summed E-state index contributed by atoms with van der Waals surface area (Å²) in [5.74, 6) is 0.645. The molecule has 1 saturated carbocycles. The van der Waals surface area contributed by atoms with E-state index in [9.17, 15) is 4.79 Å². The van der Waals surface area contributed by atoms with E-state index in [2.05, 4.69) is 0 Å². The van der Waals surface area contributed by atoms with Crippen molar-refractivity contribution in [2.75, 3.05) is 6.54 Å². The third-order valence-electron chi connectivity index (χ3n) is 2.14. The van der Waals surface area contributed by atoms with Gasteiger partial charge in [-0.15, -0.1) is 0 Å². The van der Waals surface area contributed by atoms with Crippen molar-refractivity contribution in [2.24, 2.45) is 11.7 Å². The standard InChI is InChI=1S/C6H10N2O2/c7-6(9)8-3-4-1-5(2-4)10-8/h4-5H,1-3H2,(H2,7,9). The number of hydrogen-bond acceptors (Lipinski definition) is 2. The Morgan fingerprint density at radius 2 is 2.30 bits per heavy atom. The van der Waals surface area contributed by atoms with Gasteiger partial charge in [0, 0.05) is 0 Å². The summed E-state index contributed by atoms with van der Waals surface area (Å²) in [7, 11) is 0. The maximum Gasteiger partial charge on any atom is 0.338 e. The van der Waals surface area contributed by atoms with Gasteiger partial charge in [0.25, 0.3) is 0 Å². The van der Waals surface area contributed by atoms with Crippen LogP contribution >= 0.6 is 0 Å². The normalized spacial score (nSPS) is 37.0. The molecule has 0 aromatic heterocycles. The number of fused-ring (bicyclic) bond motifs is 2. The van der Waals surface area contributed by atoms with Crippen molar-refractivity contribution in [1.29, 1.82) is 0 Å². The third kappa shape index (κ3) is 0.759. The molecule has 2 aliphatic heterocycles. The molecule has 4 nitrogen and oxygen atoms in total. The number of hydroxylamine groups is 2. The van der Waals surface area contributed by atoms with Gasteiger partial charge in [-0.2, -0.15) is 0 Å². The van der Waals surface area contributed by atoms with Crippen LogP contribution in [0, 0.1) is 5.92 Å². The number of nitrogens with zero attached hydrogens (tertiary/aromatic N) is 1. The van der Waals surface area contributed by atoms with Gasteiger partial charge in [-0.3, -0.25) is 4.84 Å². The first-order valence-electron chi connectivity index (χ1n) is 3.49. The number of nitrogens with two attached hydrogens (primary N) is 1. The van der Waals surface area contributed by atoms with E-state index in [4.69, 9.17) is 10.6 Å². The summed E-state index contributed by atoms with van der Waals surface area (Å²) in [5.41, 5.74) is 5.01. The largest absolute Gasteiger partial charge is 0.350 e. The molecular formula is C6H10N2O2. The Labute approximate surface area is 58.9 Å². The zero-order valence-corrected chi connectivity index (χ0v) is 5.62. The van der Waals surface area contributed by atoms with E-state index in [0.29, 0.717) is 12.5 Å². The molecule has 0 aromatic rings. The maximum atomic E-state index is 10.5. The maximum absolute atomic E-state index is 10.5. The molecule has 1 aliphatic carbocycles. The second-order valence-corrected chi connectivity index (χ2v) is 2.96. The first-order chi connectivity index (χ1) is 4.75. The monoisotopic (exact) mass is 142 g/mol. The highest BCUT2D eigenvalue weighted by Gasteiger charge is 2.39. The van der Waals surface area contributed by atoms with Crippen LogP contribution in [0.3, 0.4) is 0 Å². The highest BCUT2D eigenvalue weighted by atomic mass is 16.7. The Balaban J connectivity index is 1.97. The molecular weight excluding hydrogens is 132 g/mol. The second-order valence-electron chi connectivity index (χ2n) is 2.96. The van der Waals surface area contributed by atoms with Crippen LogP contribution in [0.4, 0.5) is 4.79 Å². The topological polar surface area (TPSA) is 55.6 Å². The Kier molecular flexibility index (Phi) is 1.11. The number of carbonyl (C=O) groups excluding carboxylic acids is 1. The van der Waals surface area contributed by atoms with Crippen molar-refractivity contribution in [3.8, 4) is 0 Å². The van der Waals surface area contributed by atoms with Gasteiger partial charge in [0.15, 0.2) is 0 Å². The van der Waals surface area contributed by atoms with Gasteiger partial charge >= 0.3 is 6.03 Å². The average molecular weight is 142 g/mol. The first-order valence-corrected chi connectivity index (χ1v) is 3.49. The first kappa shape index (κ1) is 5.97. The quantitative estimate of drug-likeness (QED) is 0.521. The lowest BCUT2D eigenvalue weighted by Gasteiger charge is -2.45. The van der Waals surface area contributed by atoms with Gasteiger partial charge in [0.05, 0.1) is 12.6 Å². The summed E-state index contributed by atoms with van der Waals surface area (Å²) in [5, 5.41) is 1.27. The van der Waals surface area contributed by atoms with Crippen molar-refractivity contribution in [1.82, 2.24) is 5.06 Å². The molecule has 3 aliphatic rings. The van der Waals surface area contributed by atoms with Crippen molar-refractivity contribution < 1.29 is 9.63 Å². The minimum atomic E-state index is -0.464. The van der Waals surface area contributed by atoms with Crippen LogP contribution in [0.1, 0.15) is 12.8 Å². The van der Waals surface area contributed by atoms with E-state index in [-0.39, 0.29) is 6.10 Å². The Bertz CT molecular complexity index is 155. The van der Waals surface area contributed by atoms with E-state index in [1.165, 1.54) is 5.06 Å². The summed E-state index contributed by atoms with van der Waals surface area (Å²) in [6, 6.07) is -0.464. The summed E-state index contributed by atoms with van der Waals surface area (Å²) >= 11 is 0. The molecule has 2 saturated heterocycles. The molecule has 0 aromatic carbocycles. The van der Waals surface area contributed by atoms with E-state index < -0.39 is 6.03 Å². The number of carbonyl (C=O) groups is 1. The average Bonchev–Trinajstić information content (AvgIpc) is 1.86. The van der Waals surface area contributed by atoms with Crippen molar-refractivity contribution in [3.63, 3.8) is 0 Å². The summed E-state index contributed by atoms with van der Waals surface area (Å²) < 4.78 is 0. The summed E-state index contributed by atoms with van der Waals surface area (Å²) in [6.07, 6.45) is 2.47. The lowest BCUT2D eigenvalue weighted by Crippen LogP contribution is -2.53. The molecule has 10 heavy (non-hydrogen) atoms. The SMILES string of the molecule is NC(=O)N1CC2CC(C2)O1. The fourth-order valence-electron chi connectivity index (χ4n) is 1.51. The molecule has 2 amide bonds. The van der Waals surface area contributed by atoms with Gasteiger partial charge in [-0.1, -0.05) is 0 Å². The van der Waals surface area contributed by atoms with Gasteiger partial charge < -0.3 is 5.73 Å². The Morgan fingerprint density at radius 1 is 1.60 bits per heavy atom. The molecule has 56 valence electrons. The highest BCUT2D eigenvalue weighted by Crippen LogP contribution is 2.36. The van der Waals surface area contributed by atoms with E-state index >= 15 is 0 Å². The molecule has 0 unspecified atom stereocenters. The number of amides is 2. The van der Waals surface area contributed by atoms with Crippen LogP contribution in [-0.2, 0) is 4.84 Å². The predicted octanol–water partition coefficient (Wildman–Crippen LogP) is 0.0909. The molecule has 0 atom stereocenters. The zero-order chi connectivity index (χ0) is 7.14. The summed E-state index contributed by atoms with van der Waals surface area (Å²) in [4.78, 5) is 15.7. The summed E-state index contributed by atoms with van der Waals surface area (Å²) in [6.45, 7) is 0.686. The predicted molar refractivity (Wildman–Crippen MR) is 33.9 cm³/mol. The molecule has 3 fully saturated rings. The van der Waals surface area contributed by atoms with Gasteiger partial charge in [0.2, 0.25) is 0 Å². The van der Waals surface area contributed by atoms with Crippen molar-refractivity contribution in [3.05, 3.63) is 0 Å². The van der Waals surface area contributed by atoms with E-state index in [1.807, 2.05) is 0 Å². The Hall–Kier alpha value is -0.770. The third-order valence-corrected chi connectivity index (χ3v) is 2.14. The van der Waals surface area contributed by atoms with Crippen LogP contribution in [0.2, 0.25) is 0 Å². The van der Waals surface area contributed by atoms with Crippen LogP contribution in [0.5, 0.6) is 0 Å². The smallest absolute Gasteiger partial charge is 0.338 e. The fourth-order valence-corrected chi connectivity index (χ4v) is 1.51. The van der Waals surface area contributed by atoms with Crippen molar-refractivity contribution in [2.45, 2.75) is 18.9 Å². The van der Waals surface area contributed by atoms with Gasteiger partial charge in [0.1, 0.15) is 0 Å². The minimum Gasteiger partial charge on any atom is -0.350 e. The lowest BCUT2D eigenvalue weighted by molar-refractivity contribution is -0.247. The molecule has 2 bridgehead atoms. The zero-order valence-electron chi connectivity index (χ0n) is 5.62. The molecule has 2 N–H and O–H groups in total. The van der Waals surface area contributed by atoms with Gasteiger partial charge in [-0.25, -0.2) is 9.86 Å². The Morgan fingerprint density at radius 3 is 2.60 bits per heavy atom.